The van der Waals surface area contributed by atoms with Crippen LogP contribution in [0.3, 0.4) is 0 Å². The number of benzene rings is 1. The Labute approximate surface area is 166 Å². The molecule has 0 aliphatic carbocycles. The van der Waals surface area contributed by atoms with Gasteiger partial charge in [-0.15, -0.1) is 24.0 Å². The van der Waals surface area contributed by atoms with Gasteiger partial charge in [0.15, 0.2) is 5.96 Å². The highest BCUT2D eigenvalue weighted by atomic mass is 127. The van der Waals surface area contributed by atoms with Crippen LogP contribution in [0.2, 0.25) is 0 Å². The Balaban J connectivity index is 0.00000312. The van der Waals surface area contributed by atoms with Crippen LogP contribution in [-0.4, -0.2) is 37.7 Å². The number of halogens is 1. The summed E-state index contributed by atoms with van der Waals surface area (Å²) in [5.74, 6) is 1.34. The number of guanidine groups is 1. The van der Waals surface area contributed by atoms with E-state index in [4.69, 9.17) is 4.74 Å². The van der Waals surface area contributed by atoms with Gasteiger partial charge in [-0.3, -0.25) is 9.79 Å². The molecule has 1 atom stereocenters. The van der Waals surface area contributed by atoms with E-state index in [2.05, 4.69) is 40.3 Å². The van der Waals surface area contributed by atoms with Gasteiger partial charge in [0.25, 0.3) is 0 Å². The monoisotopic (exact) mass is 461 g/mol. The molecule has 1 aromatic rings. The fourth-order valence-electron chi connectivity index (χ4n) is 2.78. The van der Waals surface area contributed by atoms with Crippen molar-refractivity contribution in [3.8, 4) is 5.75 Å². The van der Waals surface area contributed by atoms with Crippen LogP contribution in [0, 0.1) is 0 Å². The second-order valence-corrected chi connectivity index (χ2v) is 6.39. The Hall–Kier alpha value is -1.51. The van der Waals surface area contributed by atoms with Crippen molar-refractivity contribution in [3.05, 3.63) is 29.8 Å². The molecule has 0 amide bonds. The summed E-state index contributed by atoms with van der Waals surface area (Å²) in [4.78, 5) is 15.7. The number of ether oxygens (including phenoxy) is 2. The summed E-state index contributed by atoms with van der Waals surface area (Å²) >= 11 is 0. The van der Waals surface area contributed by atoms with Crippen LogP contribution in [0.1, 0.15) is 45.2 Å². The molecule has 1 unspecified atom stereocenters. The number of nitrogens with zero attached hydrogens (tertiary/aromatic N) is 1. The van der Waals surface area contributed by atoms with Gasteiger partial charge in [-0.25, -0.2) is 0 Å². The molecule has 0 fully saturated rings. The fraction of sp³-hybridized carbons (Fsp3) is 0.556. The Morgan fingerprint density at radius 1 is 1.40 bits per heavy atom. The Morgan fingerprint density at radius 2 is 2.12 bits per heavy atom. The molecule has 1 aromatic carbocycles. The molecule has 0 aromatic heterocycles. The molecule has 0 saturated heterocycles. The van der Waals surface area contributed by atoms with E-state index in [0.29, 0.717) is 12.5 Å². The number of fused-ring (bicyclic) bond motifs is 1. The third-order valence-corrected chi connectivity index (χ3v) is 3.85. The van der Waals surface area contributed by atoms with E-state index < -0.39 is 0 Å². The van der Waals surface area contributed by atoms with E-state index in [9.17, 15) is 4.79 Å². The van der Waals surface area contributed by atoms with Gasteiger partial charge >= 0.3 is 5.97 Å². The third kappa shape index (κ3) is 6.37. The van der Waals surface area contributed by atoms with Gasteiger partial charge in [0.1, 0.15) is 11.4 Å². The summed E-state index contributed by atoms with van der Waals surface area (Å²) in [5.41, 5.74) is 0.866. The number of rotatable bonds is 5. The maximum atomic E-state index is 11.2. The summed E-state index contributed by atoms with van der Waals surface area (Å²) in [6, 6.07) is 8.15. The zero-order valence-corrected chi connectivity index (χ0v) is 17.6. The molecule has 25 heavy (non-hydrogen) atoms. The number of carbonyl (C=O) groups excluding carboxylic acids is 1. The first-order valence-electron chi connectivity index (χ1n) is 8.35. The first-order chi connectivity index (χ1) is 11.4. The lowest BCUT2D eigenvalue weighted by molar-refractivity contribution is -0.140. The topological polar surface area (TPSA) is 72.0 Å². The lowest BCUT2D eigenvalue weighted by Gasteiger charge is -2.38. The van der Waals surface area contributed by atoms with Crippen LogP contribution in [0.4, 0.5) is 0 Å². The first kappa shape index (κ1) is 21.5. The van der Waals surface area contributed by atoms with Gasteiger partial charge < -0.3 is 20.1 Å². The van der Waals surface area contributed by atoms with Crippen molar-refractivity contribution >= 4 is 35.9 Å². The highest BCUT2D eigenvalue weighted by Crippen LogP contribution is 2.39. The van der Waals surface area contributed by atoms with E-state index in [1.165, 1.54) is 7.11 Å². The van der Waals surface area contributed by atoms with Crippen LogP contribution in [0.25, 0.3) is 0 Å². The van der Waals surface area contributed by atoms with E-state index in [-0.39, 0.29) is 48.0 Å². The normalized spacial score (nSPS) is 18.2. The fourth-order valence-corrected chi connectivity index (χ4v) is 2.78. The largest absolute Gasteiger partial charge is 0.487 e. The van der Waals surface area contributed by atoms with Crippen molar-refractivity contribution in [1.29, 1.82) is 0 Å². The molecule has 1 heterocycles. The average Bonchev–Trinajstić information content (AvgIpc) is 2.53. The first-order valence-corrected chi connectivity index (χ1v) is 8.35. The predicted molar refractivity (Wildman–Crippen MR) is 110 cm³/mol. The Bertz CT molecular complexity index is 605. The van der Waals surface area contributed by atoms with Crippen molar-refractivity contribution in [2.75, 3.05) is 20.2 Å². The summed E-state index contributed by atoms with van der Waals surface area (Å²) in [6.45, 7) is 7.31. The standard InChI is InChI=1S/C18H27N3O3.HI/c1-5-19-17(20-11-10-16(22)23-4)21-14-12-18(2,3)24-15-9-7-6-8-13(14)15;/h6-9,14H,5,10-12H2,1-4H3,(H2,19,20,21);1H. The maximum absolute atomic E-state index is 11.2. The van der Waals surface area contributed by atoms with E-state index in [0.717, 1.165) is 24.3 Å². The molecule has 2 N–H and O–H groups in total. The molecule has 2 rings (SSSR count). The van der Waals surface area contributed by atoms with Gasteiger partial charge in [-0.05, 0) is 26.8 Å². The summed E-state index contributed by atoms with van der Waals surface area (Å²) < 4.78 is 10.7. The number of esters is 1. The molecule has 0 spiro atoms. The molecular weight excluding hydrogens is 433 g/mol. The zero-order chi connectivity index (χ0) is 17.6. The number of carbonyl (C=O) groups is 1. The van der Waals surface area contributed by atoms with Gasteiger partial charge in [-0.1, -0.05) is 18.2 Å². The SMILES string of the molecule is CCNC(=NCCC(=O)OC)NC1CC(C)(C)Oc2ccccc21.I. The van der Waals surface area contributed by atoms with Crippen LogP contribution < -0.4 is 15.4 Å². The molecule has 0 saturated carbocycles. The van der Waals surface area contributed by atoms with Crippen molar-refractivity contribution < 1.29 is 14.3 Å². The third-order valence-electron chi connectivity index (χ3n) is 3.85. The summed E-state index contributed by atoms with van der Waals surface area (Å²) in [6.07, 6.45) is 1.09. The quantitative estimate of drug-likeness (QED) is 0.305. The van der Waals surface area contributed by atoms with Gasteiger partial charge in [0, 0.05) is 18.5 Å². The van der Waals surface area contributed by atoms with Crippen LogP contribution in [0.15, 0.2) is 29.3 Å². The van der Waals surface area contributed by atoms with Crippen molar-refractivity contribution in [1.82, 2.24) is 10.6 Å². The Morgan fingerprint density at radius 3 is 2.80 bits per heavy atom. The molecule has 7 heteroatoms. The highest BCUT2D eigenvalue weighted by Gasteiger charge is 2.33. The molecule has 1 aliphatic rings. The van der Waals surface area contributed by atoms with Crippen LogP contribution in [-0.2, 0) is 9.53 Å². The lowest BCUT2D eigenvalue weighted by atomic mass is 9.90. The second-order valence-electron chi connectivity index (χ2n) is 6.39. The number of hydrogen-bond acceptors (Lipinski definition) is 4. The van der Waals surface area contributed by atoms with Gasteiger partial charge in [0.05, 0.1) is 26.1 Å². The summed E-state index contributed by atoms with van der Waals surface area (Å²) in [7, 11) is 1.39. The average molecular weight is 461 g/mol. The maximum Gasteiger partial charge on any atom is 0.307 e. The number of methoxy groups -OCH3 is 1. The zero-order valence-electron chi connectivity index (χ0n) is 15.3. The number of para-hydroxylation sites is 1. The lowest BCUT2D eigenvalue weighted by Crippen LogP contribution is -2.45. The molecule has 6 nitrogen and oxygen atoms in total. The van der Waals surface area contributed by atoms with Gasteiger partial charge in [0.2, 0.25) is 0 Å². The number of nitrogens with one attached hydrogen (secondary N) is 2. The van der Waals surface area contributed by atoms with Crippen molar-refractivity contribution in [2.45, 2.75) is 45.3 Å². The summed E-state index contributed by atoms with van der Waals surface area (Å²) in [5, 5.41) is 6.69. The molecule has 0 radical (unpaired) electrons. The van der Waals surface area contributed by atoms with Crippen LogP contribution in [0.5, 0.6) is 5.75 Å². The molecule has 140 valence electrons. The minimum Gasteiger partial charge on any atom is -0.487 e. The molecule has 1 aliphatic heterocycles. The minimum absolute atomic E-state index is 0. The van der Waals surface area contributed by atoms with Crippen molar-refractivity contribution in [2.24, 2.45) is 4.99 Å². The smallest absolute Gasteiger partial charge is 0.307 e. The Kier molecular flexibility index (Phi) is 8.47. The highest BCUT2D eigenvalue weighted by molar-refractivity contribution is 14.0. The number of aliphatic imine (C=N–C) groups is 1. The molecule has 0 bridgehead atoms. The molecular formula is C18H28IN3O3. The van der Waals surface area contributed by atoms with E-state index in [1.807, 2.05) is 25.1 Å². The van der Waals surface area contributed by atoms with E-state index >= 15 is 0 Å². The minimum atomic E-state index is -0.257. The number of hydrogen-bond donors (Lipinski definition) is 2. The van der Waals surface area contributed by atoms with Crippen LogP contribution >= 0.6 is 24.0 Å². The predicted octanol–water partition coefficient (Wildman–Crippen LogP) is 3.03. The van der Waals surface area contributed by atoms with Crippen molar-refractivity contribution in [3.63, 3.8) is 0 Å². The second kappa shape index (κ2) is 9.84. The van der Waals surface area contributed by atoms with Gasteiger partial charge in [-0.2, -0.15) is 0 Å². The van der Waals surface area contributed by atoms with E-state index in [1.54, 1.807) is 0 Å².